The molecule has 0 N–H and O–H groups in total. The summed E-state index contributed by atoms with van der Waals surface area (Å²) < 4.78 is 13.9. The molecule has 0 fully saturated rings. The Morgan fingerprint density at radius 1 is 0.556 bits per heavy atom. The van der Waals surface area contributed by atoms with E-state index in [0.717, 1.165) is 7.53 Å². The van der Waals surface area contributed by atoms with E-state index in [1.54, 1.807) is 12.5 Å². The van der Waals surface area contributed by atoms with Crippen LogP contribution in [-0.2, 0) is 0 Å². The molecule has 2 aromatic carbocycles. The van der Waals surface area contributed by atoms with Gasteiger partial charge in [0, 0.05) is 0 Å². The lowest BCUT2D eigenvalue weighted by Crippen LogP contribution is -3.61. The van der Waals surface area contributed by atoms with E-state index in [1.165, 1.54) is 44.5 Å². The van der Waals surface area contributed by atoms with E-state index in [1.807, 2.05) is 0 Å². The number of hydrogen-bond donors (Lipinski definition) is 0. The van der Waals surface area contributed by atoms with Gasteiger partial charge in [0.15, 0.2) is 0 Å². The van der Waals surface area contributed by atoms with Gasteiger partial charge in [-0.1, -0.05) is 36.4 Å². The standard InChI is InChI=1S/C24H22IO2/c1-15-7-5-9-19(17(15)3)21-11-13-26-23(21)25-24-22(12-14-27-24)20-10-6-8-16(2)18(20)4/h5-14H,1-4H3/q+1. The van der Waals surface area contributed by atoms with Crippen molar-refractivity contribution in [2.75, 3.05) is 0 Å². The predicted octanol–water partition coefficient (Wildman–Crippen LogP) is 3.57. The normalized spacial score (nSPS) is 11.1. The van der Waals surface area contributed by atoms with Crippen molar-refractivity contribution in [1.29, 1.82) is 0 Å². The Morgan fingerprint density at radius 3 is 1.44 bits per heavy atom. The third kappa shape index (κ3) is 3.36. The van der Waals surface area contributed by atoms with E-state index in [-0.39, 0.29) is 0 Å². The van der Waals surface area contributed by atoms with Gasteiger partial charge in [-0.05, 0) is 73.2 Å². The number of benzene rings is 2. The van der Waals surface area contributed by atoms with Crippen LogP contribution < -0.4 is 21.2 Å². The molecule has 0 aliphatic carbocycles. The summed E-state index contributed by atoms with van der Waals surface area (Å²) in [5.41, 5.74) is 10.1. The van der Waals surface area contributed by atoms with Gasteiger partial charge in [-0.15, -0.1) is 0 Å². The largest absolute Gasteiger partial charge is 0.444 e. The van der Waals surface area contributed by atoms with Crippen LogP contribution in [0.2, 0.25) is 0 Å². The van der Waals surface area contributed by atoms with Gasteiger partial charge in [0.05, 0.1) is 23.7 Å². The van der Waals surface area contributed by atoms with Crippen LogP contribution in [0, 0.1) is 35.2 Å². The van der Waals surface area contributed by atoms with Crippen molar-refractivity contribution in [3.8, 4) is 22.3 Å². The van der Waals surface area contributed by atoms with Gasteiger partial charge in [-0.25, -0.2) is 0 Å². The molecule has 0 atom stereocenters. The number of rotatable bonds is 4. The summed E-state index contributed by atoms with van der Waals surface area (Å²) in [6, 6.07) is 17.0. The first-order chi connectivity index (χ1) is 13.1. The molecule has 0 saturated carbocycles. The second-order valence-corrected chi connectivity index (χ2v) is 9.30. The minimum absolute atomic E-state index is 0.570. The zero-order valence-electron chi connectivity index (χ0n) is 16.0. The van der Waals surface area contributed by atoms with Gasteiger partial charge in [0.25, 0.3) is 0 Å². The van der Waals surface area contributed by atoms with Crippen LogP contribution in [-0.4, -0.2) is 0 Å². The lowest BCUT2D eigenvalue weighted by molar-refractivity contribution is -0.634. The molecule has 2 aromatic heterocycles. The van der Waals surface area contributed by atoms with Gasteiger partial charge in [0.1, 0.15) is 0 Å². The third-order valence-corrected chi connectivity index (χ3v) is 7.85. The second kappa shape index (κ2) is 7.39. The molecule has 0 saturated heterocycles. The number of furan rings is 2. The maximum atomic E-state index is 5.92. The summed E-state index contributed by atoms with van der Waals surface area (Å²) in [5.74, 6) is 0. The highest BCUT2D eigenvalue weighted by Gasteiger charge is 2.32. The van der Waals surface area contributed by atoms with Crippen LogP contribution in [0.4, 0.5) is 0 Å². The molecule has 136 valence electrons. The molecule has 0 radical (unpaired) electrons. The molecule has 2 heterocycles. The van der Waals surface area contributed by atoms with Crippen LogP contribution >= 0.6 is 0 Å². The zero-order chi connectivity index (χ0) is 19.0. The maximum absolute atomic E-state index is 5.92. The first kappa shape index (κ1) is 18.1. The second-order valence-electron chi connectivity index (χ2n) is 6.81. The smallest absolute Gasteiger partial charge is 0.426 e. The van der Waals surface area contributed by atoms with Gasteiger partial charge in [-0.3, -0.25) is 0 Å². The van der Waals surface area contributed by atoms with Crippen molar-refractivity contribution < 1.29 is 30.0 Å². The van der Waals surface area contributed by atoms with E-state index in [2.05, 4.69) is 76.2 Å². The van der Waals surface area contributed by atoms with Gasteiger partial charge in [0.2, 0.25) is 0 Å². The lowest BCUT2D eigenvalue weighted by Gasteiger charge is -2.06. The van der Waals surface area contributed by atoms with Crippen LogP contribution in [0.1, 0.15) is 22.3 Å². The molecule has 4 aromatic rings. The van der Waals surface area contributed by atoms with Gasteiger partial charge >= 0.3 is 28.7 Å². The molecule has 0 aliphatic rings. The van der Waals surface area contributed by atoms with Crippen molar-refractivity contribution in [3.63, 3.8) is 0 Å². The highest BCUT2D eigenvalue weighted by molar-refractivity contribution is 5.68. The highest BCUT2D eigenvalue weighted by atomic mass is 127. The summed E-state index contributed by atoms with van der Waals surface area (Å²) in [5, 5.41) is 0. The Kier molecular flexibility index (Phi) is 4.96. The van der Waals surface area contributed by atoms with Crippen LogP contribution in [0.3, 0.4) is 0 Å². The monoisotopic (exact) mass is 469 g/mol. The lowest BCUT2D eigenvalue weighted by atomic mass is 9.99. The summed E-state index contributed by atoms with van der Waals surface area (Å²) in [4.78, 5) is 0. The summed E-state index contributed by atoms with van der Waals surface area (Å²) in [6.07, 6.45) is 3.60. The predicted molar refractivity (Wildman–Crippen MR) is 105 cm³/mol. The molecule has 0 aliphatic heterocycles. The Bertz CT molecular complexity index is 1010. The van der Waals surface area contributed by atoms with Gasteiger partial charge < -0.3 is 8.83 Å². The molecule has 0 unspecified atom stereocenters. The molecular formula is C24H22IO2+. The Morgan fingerprint density at radius 2 is 1.00 bits per heavy atom. The van der Waals surface area contributed by atoms with Crippen LogP contribution in [0.15, 0.2) is 69.9 Å². The number of aryl methyl sites for hydroxylation is 2. The highest BCUT2D eigenvalue weighted by Crippen LogP contribution is 2.27. The Hall–Kier alpha value is -2.27. The molecule has 27 heavy (non-hydrogen) atoms. The maximum Gasteiger partial charge on any atom is 0.444 e. The minimum Gasteiger partial charge on any atom is -0.426 e. The molecule has 0 bridgehead atoms. The van der Waals surface area contributed by atoms with E-state index < -0.39 is 21.2 Å². The first-order valence-electron chi connectivity index (χ1n) is 8.99. The molecule has 2 nitrogen and oxygen atoms in total. The average molecular weight is 469 g/mol. The number of halogens is 1. The topological polar surface area (TPSA) is 26.3 Å². The Balaban J connectivity index is 1.74. The van der Waals surface area contributed by atoms with Crippen molar-refractivity contribution in [3.05, 3.63) is 90.8 Å². The first-order valence-corrected chi connectivity index (χ1v) is 11.1. The minimum atomic E-state index is -0.570. The fourth-order valence-corrected chi connectivity index (χ4v) is 5.80. The molecular weight excluding hydrogens is 447 g/mol. The van der Waals surface area contributed by atoms with Crippen molar-refractivity contribution in [2.45, 2.75) is 27.7 Å². The van der Waals surface area contributed by atoms with Crippen LogP contribution in [0.25, 0.3) is 22.3 Å². The molecule has 0 amide bonds. The molecule has 0 spiro atoms. The quantitative estimate of drug-likeness (QED) is 0.428. The summed E-state index contributed by atoms with van der Waals surface area (Å²) >= 11 is -0.570. The SMILES string of the molecule is Cc1cccc(-c2ccoc2[I+]c2occc2-c2cccc(C)c2C)c1C. The van der Waals surface area contributed by atoms with E-state index in [4.69, 9.17) is 8.83 Å². The summed E-state index contributed by atoms with van der Waals surface area (Å²) in [7, 11) is 0. The average Bonchev–Trinajstić information content (AvgIpc) is 3.30. The summed E-state index contributed by atoms with van der Waals surface area (Å²) in [6.45, 7) is 8.65. The third-order valence-electron chi connectivity index (χ3n) is 5.20. The van der Waals surface area contributed by atoms with Crippen molar-refractivity contribution in [1.82, 2.24) is 0 Å². The van der Waals surface area contributed by atoms with E-state index >= 15 is 0 Å². The van der Waals surface area contributed by atoms with E-state index in [9.17, 15) is 0 Å². The van der Waals surface area contributed by atoms with Gasteiger partial charge in [-0.2, -0.15) is 0 Å². The Labute approximate surface area is 170 Å². The van der Waals surface area contributed by atoms with E-state index in [0.29, 0.717) is 0 Å². The van der Waals surface area contributed by atoms with Crippen molar-refractivity contribution >= 4 is 0 Å². The molecule has 4 rings (SSSR count). The fourth-order valence-electron chi connectivity index (χ4n) is 3.28. The zero-order valence-corrected chi connectivity index (χ0v) is 18.1. The molecule has 3 heteroatoms. The van der Waals surface area contributed by atoms with Crippen molar-refractivity contribution in [2.24, 2.45) is 0 Å². The van der Waals surface area contributed by atoms with Crippen LogP contribution in [0.5, 0.6) is 0 Å². The number of hydrogen-bond acceptors (Lipinski definition) is 2. The fraction of sp³-hybridized carbons (Fsp3) is 0.167.